The molecule has 4 heteroatoms. The molecule has 0 unspecified atom stereocenters. The fourth-order valence-electron chi connectivity index (χ4n) is 2.51. The maximum absolute atomic E-state index is 5.80. The Morgan fingerprint density at radius 3 is 2.85 bits per heavy atom. The highest BCUT2D eigenvalue weighted by Gasteiger charge is 2.16. The van der Waals surface area contributed by atoms with Crippen molar-refractivity contribution in [3.8, 4) is 5.75 Å². The molecule has 0 saturated carbocycles. The van der Waals surface area contributed by atoms with Crippen LogP contribution in [0.2, 0.25) is 0 Å². The molecule has 2 heterocycles. The minimum atomic E-state index is 0.580. The average molecular weight is 288 g/mol. The Morgan fingerprint density at radius 1 is 1.20 bits per heavy atom. The van der Waals surface area contributed by atoms with Crippen molar-refractivity contribution < 1.29 is 4.74 Å². The Balaban J connectivity index is 1.46. The molecular formula is C16H20N2OS. The molecule has 2 aromatic rings. The SMILES string of the molecule is NCc1ccc(OCCN2CCc3sccc3C2)cc1. The smallest absolute Gasteiger partial charge is 0.119 e. The zero-order valence-electron chi connectivity index (χ0n) is 11.5. The average Bonchev–Trinajstić information content (AvgIpc) is 2.95. The van der Waals surface area contributed by atoms with E-state index < -0.39 is 0 Å². The van der Waals surface area contributed by atoms with Gasteiger partial charge in [-0.3, -0.25) is 4.90 Å². The number of hydrogen-bond donors (Lipinski definition) is 1. The monoisotopic (exact) mass is 288 g/mol. The maximum atomic E-state index is 5.80. The van der Waals surface area contributed by atoms with E-state index >= 15 is 0 Å². The topological polar surface area (TPSA) is 38.5 Å². The zero-order valence-corrected chi connectivity index (χ0v) is 12.4. The Hall–Kier alpha value is -1.36. The van der Waals surface area contributed by atoms with Crippen LogP contribution in [0.3, 0.4) is 0 Å². The van der Waals surface area contributed by atoms with E-state index in [4.69, 9.17) is 10.5 Å². The number of hydrogen-bond acceptors (Lipinski definition) is 4. The van der Waals surface area contributed by atoms with E-state index in [1.165, 1.54) is 12.0 Å². The van der Waals surface area contributed by atoms with Crippen LogP contribution in [0.25, 0.3) is 0 Å². The summed E-state index contributed by atoms with van der Waals surface area (Å²) in [5.74, 6) is 0.926. The maximum Gasteiger partial charge on any atom is 0.119 e. The van der Waals surface area contributed by atoms with Gasteiger partial charge in [0.15, 0.2) is 0 Å². The molecule has 2 N–H and O–H groups in total. The second kappa shape index (κ2) is 6.39. The molecule has 0 bridgehead atoms. The minimum absolute atomic E-state index is 0.580. The Labute approximate surface area is 124 Å². The third kappa shape index (κ3) is 3.20. The molecular weight excluding hydrogens is 268 g/mol. The first-order valence-corrected chi connectivity index (χ1v) is 7.92. The number of nitrogens with two attached hydrogens (primary N) is 1. The van der Waals surface area contributed by atoms with Crippen molar-refractivity contribution in [1.29, 1.82) is 0 Å². The number of rotatable bonds is 5. The first-order chi connectivity index (χ1) is 9.85. The van der Waals surface area contributed by atoms with E-state index in [9.17, 15) is 0 Å². The van der Waals surface area contributed by atoms with Crippen molar-refractivity contribution in [3.63, 3.8) is 0 Å². The molecule has 1 aliphatic heterocycles. The third-order valence-electron chi connectivity index (χ3n) is 3.72. The quantitative estimate of drug-likeness (QED) is 0.919. The van der Waals surface area contributed by atoms with Crippen LogP contribution in [0.4, 0.5) is 0 Å². The van der Waals surface area contributed by atoms with E-state index in [0.29, 0.717) is 6.54 Å². The van der Waals surface area contributed by atoms with Crippen molar-refractivity contribution in [1.82, 2.24) is 4.90 Å². The molecule has 0 fully saturated rings. The van der Waals surface area contributed by atoms with E-state index in [1.54, 1.807) is 4.88 Å². The highest BCUT2D eigenvalue weighted by atomic mass is 32.1. The summed E-state index contributed by atoms with van der Waals surface area (Å²) in [5, 5.41) is 2.20. The van der Waals surface area contributed by atoms with Gasteiger partial charge in [-0.2, -0.15) is 0 Å². The second-order valence-electron chi connectivity index (χ2n) is 5.09. The molecule has 0 spiro atoms. The highest BCUT2D eigenvalue weighted by Crippen LogP contribution is 2.23. The summed E-state index contributed by atoms with van der Waals surface area (Å²) in [4.78, 5) is 4.02. The van der Waals surface area contributed by atoms with Crippen LogP contribution in [0.5, 0.6) is 5.75 Å². The van der Waals surface area contributed by atoms with Crippen molar-refractivity contribution >= 4 is 11.3 Å². The molecule has 0 aliphatic carbocycles. The third-order valence-corrected chi connectivity index (χ3v) is 4.75. The van der Waals surface area contributed by atoms with Gasteiger partial charge in [0.05, 0.1) is 0 Å². The zero-order chi connectivity index (χ0) is 13.8. The van der Waals surface area contributed by atoms with E-state index in [-0.39, 0.29) is 0 Å². The summed E-state index contributed by atoms with van der Waals surface area (Å²) >= 11 is 1.88. The van der Waals surface area contributed by atoms with E-state index in [0.717, 1.165) is 37.6 Å². The van der Waals surface area contributed by atoms with Crippen LogP contribution < -0.4 is 10.5 Å². The molecule has 1 aromatic carbocycles. The lowest BCUT2D eigenvalue weighted by Gasteiger charge is -2.26. The lowest BCUT2D eigenvalue weighted by Crippen LogP contribution is -2.33. The van der Waals surface area contributed by atoms with Crippen molar-refractivity contribution in [2.45, 2.75) is 19.5 Å². The second-order valence-corrected chi connectivity index (χ2v) is 6.09. The molecule has 20 heavy (non-hydrogen) atoms. The molecule has 0 saturated heterocycles. The summed E-state index contributed by atoms with van der Waals surface area (Å²) < 4.78 is 5.80. The predicted octanol–water partition coefficient (Wildman–Crippen LogP) is 2.64. The summed E-state index contributed by atoms with van der Waals surface area (Å²) in [6.07, 6.45) is 1.18. The van der Waals surface area contributed by atoms with Crippen LogP contribution in [0.15, 0.2) is 35.7 Å². The predicted molar refractivity (Wildman–Crippen MR) is 83.1 cm³/mol. The first kappa shape index (κ1) is 13.6. The highest BCUT2D eigenvalue weighted by molar-refractivity contribution is 7.10. The number of fused-ring (bicyclic) bond motifs is 1. The van der Waals surface area contributed by atoms with Crippen LogP contribution in [0.1, 0.15) is 16.0 Å². The van der Waals surface area contributed by atoms with Crippen LogP contribution in [0, 0.1) is 0 Å². The molecule has 3 rings (SSSR count). The molecule has 1 aromatic heterocycles. The molecule has 0 amide bonds. The number of thiophene rings is 1. The number of nitrogens with zero attached hydrogens (tertiary/aromatic N) is 1. The Kier molecular flexibility index (Phi) is 4.35. The van der Waals surface area contributed by atoms with Gasteiger partial charge in [0.2, 0.25) is 0 Å². The van der Waals surface area contributed by atoms with Gasteiger partial charge in [-0.15, -0.1) is 11.3 Å². The fourth-order valence-corrected chi connectivity index (χ4v) is 3.40. The lowest BCUT2D eigenvalue weighted by atomic mass is 10.1. The van der Waals surface area contributed by atoms with Gasteiger partial charge >= 0.3 is 0 Å². The van der Waals surface area contributed by atoms with Gasteiger partial charge in [-0.05, 0) is 41.1 Å². The van der Waals surface area contributed by atoms with Gasteiger partial charge in [-0.1, -0.05) is 12.1 Å². The molecule has 106 valence electrons. The first-order valence-electron chi connectivity index (χ1n) is 7.04. The van der Waals surface area contributed by atoms with Gasteiger partial charge in [-0.25, -0.2) is 0 Å². The summed E-state index contributed by atoms with van der Waals surface area (Å²) in [7, 11) is 0. The van der Waals surface area contributed by atoms with Crippen LogP contribution in [-0.4, -0.2) is 24.6 Å². The Morgan fingerprint density at radius 2 is 2.05 bits per heavy atom. The number of ether oxygens (including phenoxy) is 1. The minimum Gasteiger partial charge on any atom is -0.492 e. The van der Waals surface area contributed by atoms with Gasteiger partial charge in [0, 0.05) is 31.1 Å². The van der Waals surface area contributed by atoms with Gasteiger partial charge < -0.3 is 10.5 Å². The normalized spacial score (nSPS) is 15.1. The van der Waals surface area contributed by atoms with Crippen molar-refractivity contribution in [3.05, 3.63) is 51.7 Å². The standard InChI is InChI=1S/C16H20N2OS/c17-11-13-1-3-15(4-2-13)19-9-8-18-7-5-16-14(12-18)6-10-20-16/h1-4,6,10H,5,7-9,11-12,17H2. The van der Waals surface area contributed by atoms with Crippen LogP contribution in [-0.2, 0) is 19.5 Å². The van der Waals surface area contributed by atoms with E-state index in [2.05, 4.69) is 16.3 Å². The summed E-state index contributed by atoms with van der Waals surface area (Å²) in [6, 6.07) is 10.3. The van der Waals surface area contributed by atoms with Gasteiger partial charge in [0.1, 0.15) is 12.4 Å². The lowest BCUT2D eigenvalue weighted by molar-refractivity contribution is 0.197. The van der Waals surface area contributed by atoms with Crippen molar-refractivity contribution in [2.24, 2.45) is 5.73 Å². The fraction of sp³-hybridized carbons (Fsp3) is 0.375. The largest absolute Gasteiger partial charge is 0.492 e. The van der Waals surface area contributed by atoms with Crippen LogP contribution >= 0.6 is 11.3 Å². The molecule has 1 aliphatic rings. The summed E-state index contributed by atoms with van der Waals surface area (Å²) in [5.41, 5.74) is 8.21. The summed E-state index contributed by atoms with van der Waals surface area (Å²) in [6.45, 7) is 4.50. The Bertz CT molecular complexity index is 550. The van der Waals surface area contributed by atoms with Crippen molar-refractivity contribution in [2.75, 3.05) is 19.7 Å². The van der Waals surface area contributed by atoms with Gasteiger partial charge in [0.25, 0.3) is 0 Å². The molecule has 0 atom stereocenters. The number of benzene rings is 1. The van der Waals surface area contributed by atoms with E-state index in [1.807, 2.05) is 35.6 Å². The molecule has 0 radical (unpaired) electrons. The molecule has 3 nitrogen and oxygen atoms in total.